The summed E-state index contributed by atoms with van der Waals surface area (Å²) in [6.45, 7) is 1.86. The Kier molecular flexibility index (Phi) is 4.70. The number of rotatable bonds is 5. The molecule has 0 fully saturated rings. The highest BCUT2D eigenvalue weighted by Gasteiger charge is 2.16. The van der Waals surface area contributed by atoms with E-state index >= 15 is 0 Å². The van der Waals surface area contributed by atoms with E-state index in [1.165, 1.54) is 5.56 Å². The van der Waals surface area contributed by atoms with E-state index in [1.54, 1.807) is 0 Å². The smallest absolute Gasteiger partial charge is 0.427 e. The highest BCUT2D eigenvalue weighted by Crippen LogP contribution is 2.15. The standard InChI is InChI=1S/C11H17BO2/c1-10(12(13)14)6-5-9-11-7-3-2-4-8-11/h2-4,7-8,10,13-14H,5-6,9H2,1H3/t10-/m0/s1. The molecule has 14 heavy (non-hydrogen) atoms. The van der Waals surface area contributed by atoms with Crippen LogP contribution in [0.4, 0.5) is 0 Å². The van der Waals surface area contributed by atoms with E-state index in [0.717, 1.165) is 19.3 Å². The summed E-state index contributed by atoms with van der Waals surface area (Å²) >= 11 is 0. The van der Waals surface area contributed by atoms with Crippen LogP contribution in [-0.2, 0) is 6.42 Å². The summed E-state index contributed by atoms with van der Waals surface area (Å²) in [5.41, 5.74) is 1.31. The van der Waals surface area contributed by atoms with Crippen molar-refractivity contribution in [3.8, 4) is 0 Å². The molecule has 0 aliphatic rings. The molecule has 0 bridgehead atoms. The fourth-order valence-electron chi connectivity index (χ4n) is 1.42. The molecule has 1 aromatic rings. The van der Waals surface area contributed by atoms with E-state index in [2.05, 4.69) is 12.1 Å². The molecule has 0 amide bonds. The van der Waals surface area contributed by atoms with Gasteiger partial charge in [-0.05, 0) is 24.2 Å². The second-order valence-corrected chi connectivity index (χ2v) is 3.77. The topological polar surface area (TPSA) is 40.5 Å². The maximum absolute atomic E-state index is 8.87. The lowest BCUT2D eigenvalue weighted by Crippen LogP contribution is -2.17. The summed E-state index contributed by atoms with van der Waals surface area (Å²) in [6.07, 6.45) is 2.87. The van der Waals surface area contributed by atoms with Crippen molar-refractivity contribution in [3.63, 3.8) is 0 Å². The lowest BCUT2D eigenvalue weighted by Gasteiger charge is -2.08. The van der Waals surface area contributed by atoms with Gasteiger partial charge in [-0.15, -0.1) is 0 Å². The maximum atomic E-state index is 8.87. The van der Waals surface area contributed by atoms with Gasteiger partial charge in [0.15, 0.2) is 0 Å². The molecule has 1 aromatic carbocycles. The Morgan fingerprint density at radius 3 is 2.43 bits per heavy atom. The minimum absolute atomic E-state index is 0.0290. The SMILES string of the molecule is C[C@@H](CCCc1ccccc1)B(O)O. The first kappa shape index (κ1) is 11.3. The van der Waals surface area contributed by atoms with Gasteiger partial charge in [0, 0.05) is 0 Å². The summed E-state index contributed by atoms with van der Waals surface area (Å²) in [7, 11) is -1.18. The van der Waals surface area contributed by atoms with E-state index in [-0.39, 0.29) is 5.82 Å². The molecule has 0 spiro atoms. The van der Waals surface area contributed by atoms with Crippen molar-refractivity contribution in [2.24, 2.45) is 0 Å². The Balaban J connectivity index is 2.22. The molecule has 1 atom stereocenters. The van der Waals surface area contributed by atoms with Crippen molar-refractivity contribution in [2.45, 2.75) is 32.0 Å². The molecule has 1 rings (SSSR count). The molecule has 2 nitrogen and oxygen atoms in total. The highest BCUT2D eigenvalue weighted by molar-refractivity contribution is 6.42. The van der Waals surface area contributed by atoms with Crippen LogP contribution in [0.1, 0.15) is 25.3 Å². The molecule has 0 heterocycles. The molecule has 0 aliphatic carbocycles. The first-order chi connectivity index (χ1) is 6.70. The van der Waals surface area contributed by atoms with Crippen molar-refractivity contribution in [2.75, 3.05) is 0 Å². The third-order valence-corrected chi connectivity index (χ3v) is 2.48. The highest BCUT2D eigenvalue weighted by atomic mass is 16.4. The summed E-state index contributed by atoms with van der Waals surface area (Å²) in [6, 6.07) is 10.3. The Morgan fingerprint density at radius 2 is 1.86 bits per heavy atom. The van der Waals surface area contributed by atoms with Crippen LogP contribution in [-0.4, -0.2) is 17.2 Å². The molecule has 3 heteroatoms. The molecule has 0 unspecified atom stereocenters. The van der Waals surface area contributed by atoms with Crippen LogP contribution in [0.5, 0.6) is 0 Å². The number of benzene rings is 1. The zero-order valence-electron chi connectivity index (χ0n) is 8.56. The average molecular weight is 192 g/mol. The number of hydrogen-bond acceptors (Lipinski definition) is 2. The quantitative estimate of drug-likeness (QED) is 0.699. The molecule has 0 radical (unpaired) electrons. The second kappa shape index (κ2) is 5.84. The predicted octanol–water partition coefficient (Wildman–Crippen LogP) is 1.87. The summed E-state index contributed by atoms with van der Waals surface area (Å²) < 4.78 is 0. The van der Waals surface area contributed by atoms with E-state index in [9.17, 15) is 0 Å². The lowest BCUT2D eigenvalue weighted by atomic mass is 9.71. The summed E-state index contributed by atoms with van der Waals surface area (Å²) in [5, 5.41) is 17.7. The monoisotopic (exact) mass is 192 g/mol. The van der Waals surface area contributed by atoms with E-state index < -0.39 is 7.12 Å². The van der Waals surface area contributed by atoms with Crippen molar-refractivity contribution >= 4 is 7.12 Å². The fraction of sp³-hybridized carbons (Fsp3) is 0.455. The molecule has 0 saturated heterocycles. The van der Waals surface area contributed by atoms with E-state index in [0.29, 0.717) is 0 Å². The van der Waals surface area contributed by atoms with Crippen LogP contribution in [0.3, 0.4) is 0 Å². The maximum Gasteiger partial charge on any atom is 0.454 e. The Labute approximate surface area is 85.7 Å². The van der Waals surface area contributed by atoms with Gasteiger partial charge in [0.1, 0.15) is 0 Å². The molecule has 2 N–H and O–H groups in total. The largest absolute Gasteiger partial charge is 0.454 e. The van der Waals surface area contributed by atoms with Crippen LogP contribution in [0.2, 0.25) is 5.82 Å². The van der Waals surface area contributed by atoms with Gasteiger partial charge in [-0.3, -0.25) is 0 Å². The van der Waals surface area contributed by atoms with Crippen LogP contribution in [0.15, 0.2) is 30.3 Å². The van der Waals surface area contributed by atoms with E-state index in [1.807, 2.05) is 25.1 Å². The molecule has 0 saturated carbocycles. The van der Waals surface area contributed by atoms with Gasteiger partial charge >= 0.3 is 7.12 Å². The second-order valence-electron chi connectivity index (χ2n) is 3.77. The van der Waals surface area contributed by atoms with Gasteiger partial charge in [-0.1, -0.05) is 43.7 Å². The number of hydrogen-bond donors (Lipinski definition) is 2. The van der Waals surface area contributed by atoms with Crippen LogP contribution in [0, 0.1) is 0 Å². The molecule has 76 valence electrons. The normalized spacial score (nSPS) is 12.5. The molecular formula is C11H17BO2. The average Bonchev–Trinajstić information content (AvgIpc) is 2.19. The van der Waals surface area contributed by atoms with Crippen molar-refractivity contribution < 1.29 is 10.0 Å². The Bertz CT molecular complexity index is 249. The van der Waals surface area contributed by atoms with Gasteiger partial charge in [0.05, 0.1) is 0 Å². The minimum atomic E-state index is -1.18. The zero-order chi connectivity index (χ0) is 10.4. The van der Waals surface area contributed by atoms with Crippen molar-refractivity contribution in [1.29, 1.82) is 0 Å². The summed E-state index contributed by atoms with van der Waals surface area (Å²) in [5.74, 6) is -0.0290. The zero-order valence-corrected chi connectivity index (χ0v) is 8.56. The van der Waals surface area contributed by atoms with Gasteiger partial charge < -0.3 is 10.0 Å². The van der Waals surface area contributed by atoms with Gasteiger partial charge in [0.2, 0.25) is 0 Å². The van der Waals surface area contributed by atoms with Gasteiger partial charge in [-0.25, -0.2) is 0 Å². The van der Waals surface area contributed by atoms with Crippen molar-refractivity contribution in [1.82, 2.24) is 0 Å². The first-order valence-electron chi connectivity index (χ1n) is 5.10. The lowest BCUT2D eigenvalue weighted by molar-refractivity contribution is 0.382. The van der Waals surface area contributed by atoms with Gasteiger partial charge in [-0.2, -0.15) is 0 Å². The molecular weight excluding hydrogens is 175 g/mol. The third-order valence-electron chi connectivity index (χ3n) is 2.48. The van der Waals surface area contributed by atoms with Crippen LogP contribution < -0.4 is 0 Å². The predicted molar refractivity (Wildman–Crippen MR) is 59.0 cm³/mol. The Hall–Kier alpha value is -0.795. The third kappa shape index (κ3) is 3.94. The molecule has 0 aliphatic heterocycles. The van der Waals surface area contributed by atoms with Crippen molar-refractivity contribution in [3.05, 3.63) is 35.9 Å². The Morgan fingerprint density at radius 1 is 1.21 bits per heavy atom. The number of aryl methyl sites for hydroxylation is 1. The van der Waals surface area contributed by atoms with Crippen LogP contribution >= 0.6 is 0 Å². The van der Waals surface area contributed by atoms with E-state index in [4.69, 9.17) is 10.0 Å². The van der Waals surface area contributed by atoms with Gasteiger partial charge in [0.25, 0.3) is 0 Å². The fourth-order valence-corrected chi connectivity index (χ4v) is 1.42. The van der Waals surface area contributed by atoms with Crippen LogP contribution in [0.25, 0.3) is 0 Å². The summed E-state index contributed by atoms with van der Waals surface area (Å²) in [4.78, 5) is 0. The minimum Gasteiger partial charge on any atom is -0.427 e. The molecule has 0 aromatic heterocycles. The first-order valence-corrected chi connectivity index (χ1v) is 5.10.